The minimum atomic E-state index is -4.01. The summed E-state index contributed by atoms with van der Waals surface area (Å²) >= 11 is 0. The Bertz CT molecular complexity index is 144. The highest BCUT2D eigenvalue weighted by Crippen LogP contribution is 2.36. The van der Waals surface area contributed by atoms with Crippen molar-refractivity contribution in [1.82, 2.24) is 0 Å². The zero-order valence-electron chi connectivity index (χ0n) is 6.90. The molecule has 1 rings (SSSR count). The molecular weight excluding hydrogens is 167 g/mol. The topological polar surface area (TPSA) is 26.0 Å². The smallest absolute Gasteiger partial charge is 0.328 e. The van der Waals surface area contributed by atoms with Crippen LogP contribution in [0, 0.1) is 5.92 Å². The van der Waals surface area contributed by atoms with E-state index in [-0.39, 0.29) is 18.9 Å². The van der Waals surface area contributed by atoms with Crippen molar-refractivity contribution in [3.8, 4) is 0 Å². The van der Waals surface area contributed by atoms with Gasteiger partial charge in [0.1, 0.15) is 0 Å². The third-order valence-corrected chi connectivity index (χ3v) is 2.48. The normalized spacial score (nSPS) is 33.0. The fourth-order valence-corrected chi connectivity index (χ4v) is 1.66. The van der Waals surface area contributed by atoms with E-state index in [0.29, 0.717) is 12.8 Å². The highest BCUT2D eigenvalue weighted by Gasteiger charge is 2.39. The molecule has 1 fully saturated rings. The Morgan fingerprint density at radius 2 is 1.67 bits per heavy atom. The average Bonchev–Trinajstić information content (AvgIpc) is 2.11. The molecule has 1 saturated carbocycles. The fraction of sp³-hybridized carbons (Fsp3) is 1.00. The molecule has 0 unspecified atom stereocenters. The van der Waals surface area contributed by atoms with Crippen molar-refractivity contribution in [1.29, 1.82) is 0 Å². The Balaban J connectivity index is 2.46. The second-order valence-electron chi connectivity index (χ2n) is 3.51. The van der Waals surface area contributed by atoms with Crippen molar-refractivity contribution in [3.05, 3.63) is 0 Å². The first-order chi connectivity index (χ1) is 5.50. The molecular formula is C8H14F3N. The van der Waals surface area contributed by atoms with Crippen LogP contribution in [0.2, 0.25) is 0 Å². The Morgan fingerprint density at radius 3 is 2.25 bits per heavy atom. The fourth-order valence-electron chi connectivity index (χ4n) is 1.66. The maximum atomic E-state index is 12.2. The third-order valence-electron chi connectivity index (χ3n) is 2.48. The quantitative estimate of drug-likeness (QED) is 0.571. The molecule has 0 radical (unpaired) electrons. The van der Waals surface area contributed by atoms with Gasteiger partial charge in [-0.05, 0) is 25.7 Å². The number of hydrogen-bond acceptors (Lipinski definition) is 1. The van der Waals surface area contributed by atoms with E-state index in [4.69, 9.17) is 5.73 Å². The molecule has 0 spiro atoms. The minimum absolute atomic E-state index is 0.0163. The predicted molar refractivity (Wildman–Crippen MR) is 40.6 cm³/mol. The van der Waals surface area contributed by atoms with E-state index < -0.39 is 12.1 Å². The van der Waals surface area contributed by atoms with E-state index in [0.717, 1.165) is 6.42 Å². The SMILES string of the molecule is N[C@H]1CCC[C@H](C(F)(F)F)CC1. The van der Waals surface area contributed by atoms with E-state index in [1.165, 1.54) is 0 Å². The molecule has 0 aromatic carbocycles. The molecule has 72 valence electrons. The zero-order chi connectivity index (χ0) is 9.19. The van der Waals surface area contributed by atoms with Gasteiger partial charge in [0, 0.05) is 6.04 Å². The van der Waals surface area contributed by atoms with Gasteiger partial charge < -0.3 is 5.73 Å². The largest absolute Gasteiger partial charge is 0.391 e. The van der Waals surface area contributed by atoms with E-state index >= 15 is 0 Å². The summed E-state index contributed by atoms with van der Waals surface area (Å²) in [6.45, 7) is 0. The summed E-state index contributed by atoms with van der Waals surface area (Å²) in [5.41, 5.74) is 5.57. The van der Waals surface area contributed by atoms with Gasteiger partial charge in [0.05, 0.1) is 5.92 Å². The molecule has 0 amide bonds. The molecule has 12 heavy (non-hydrogen) atoms. The molecule has 0 aromatic heterocycles. The predicted octanol–water partition coefficient (Wildman–Crippen LogP) is 2.46. The molecule has 0 aliphatic heterocycles. The van der Waals surface area contributed by atoms with Gasteiger partial charge in [-0.3, -0.25) is 0 Å². The lowest BCUT2D eigenvalue weighted by molar-refractivity contribution is -0.177. The number of hydrogen-bond donors (Lipinski definition) is 1. The number of halogens is 3. The molecule has 1 aliphatic rings. The Labute approximate surface area is 70.1 Å². The molecule has 4 heteroatoms. The van der Waals surface area contributed by atoms with Crippen molar-refractivity contribution in [2.24, 2.45) is 11.7 Å². The molecule has 1 aliphatic carbocycles. The summed E-state index contributed by atoms with van der Waals surface area (Å²) in [4.78, 5) is 0. The van der Waals surface area contributed by atoms with Gasteiger partial charge in [0.25, 0.3) is 0 Å². The van der Waals surface area contributed by atoms with E-state index in [1.54, 1.807) is 0 Å². The van der Waals surface area contributed by atoms with Crippen LogP contribution in [0.1, 0.15) is 32.1 Å². The summed E-state index contributed by atoms with van der Waals surface area (Å²) in [5.74, 6) is -1.11. The first-order valence-electron chi connectivity index (χ1n) is 4.32. The highest BCUT2D eigenvalue weighted by molar-refractivity contribution is 4.76. The van der Waals surface area contributed by atoms with Gasteiger partial charge in [-0.25, -0.2) is 0 Å². The maximum absolute atomic E-state index is 12.2. The summed E-state index contributed by atoms with van der Waals surface area (Å²) in [6.07, 6.45) is -1.66. The van der Waals surface area contributed by atoms with Gasteiger partial charge in [-0.2, -0.15) is 13.2 Å². The Hall–Kier alpha value is -0.250. The second kappa shape index (κ2) is 3.64. The molecule has 2 atom stereocenters. The van der Waals surface area contributed by atoms with Crippen LogP contribution in [0.25, 0.3) is 0 Å². The van der Waals surface area contributed by atoms with Crippen LogP contribution < -0.4 is 5.73 Å². The minimum Gasteiger partial charge on any atom is -0.328 e. The van der Waals surface area contributed by atoms with Crippen molar-refractivity contribution < 1.29 is 13.2 Å². The van der Waals surface area contributed by atoms with Crippen LogP contribution in [0.3, 0.4) is 0 Å². The average molecular weight is 181 g/mol. The van der Waals surface area contributed by atoms with Crippen LogP contribution in [0.15, 0.2) is 0 Å². The summed E-state index contributed by atoms with van der Waals surface area (Å²) in [7, 11) is 0. The second-order valence-corrected chi connectivity index (χ2v) is 3.51. The van der Waals surface area contributed by atoms with Gasteiger partial charge >= 0.3 is 6.18 Å². The molecule has 0 heterocycles. The molecule has 0 saturated heterocycles. The van der Waals surface area contributed by atoms with Crippen LogP contribution in [0.4, 0.5) is 13.2 Å². The molecule has 0 aromatic rings. The third kappa shape index (κ3) is 2.66. The van der Waals surface area contributed by atoms with Crippen LogP contribution in [-0.4, -0.2) is 12.2 Å². The summed E-state index contributed by atoms with van der Waals surface area (Å²) < 4.78 is 36.6. The van der Waals surface area contributed by atoms with E-state index in [1.807, 2.05) is 0 Å². The first-order valence-corrected chi connectivity index (χ1v) is 4.32. The monoisotopic (exact) mass is 181 g/mol. The molecule has 1 nitrogen and oxygen atoms in total. The van der Waals surface area contributed by atoms with Crippen molar-refractivity contribution >= 4 is 0 Å². The standard InChI is InChI=1S/C8H14F3N/c9-8(10,11)6-2-1-3-7(12)5-4-6/h6-7H,1-5,12H2/t6-,7-/m0/s1. The van der Waals surface area contributed by atoms with Gasteiger partial charge in [0.15, 0.2) is 0 Å². The Kier molecular flexibility index (Phi) is 2.99. The van der Waals surface area contributed by atoms with Crippen molar-refractivity contribution in [2.45, 2.75) is 44.3 Å². The number of rotatable bonds is 0. The first kappa shape index (κ1) is 9.84. The highest BCUT2D eigenvalue weighted by atomic mass is 19.4. The van der Waals surface area contributed by atoms with Gasteiger partial charge in [0.2, 0.25) is 0 Å². The van der Waals surface area contributed by atoms with Crippen LogP contribution in [0.5, 0.6) is 0 Å². The lowest BCUT2D eigenvalue weighted by atomic mass is 10.00. The van der Waals surface area contributed by atoms with Gasteiger partial charge in [-0.1, -0.05) is 6.42 Å². The zero-order valence-corrected chi connectivity index (χ0v) is 6.90. The number of nitrogens with two attached hydrogens (primary N) is 1. The van der Waals surface area contributed by atoms with Crippen LogP contribution >= 0.6 is 0 Å². The lowest BCUT2D eigenvalue weighted by Gasteiger charge is -2.17. The van der Waals surface area contributed by atoms with Crippen molar-refractivity contribution in [3.63, 3.8) is 0 Å². The van der Waals surface area contributed by atoms with Crippen molar-refractivity contribution in [2.75, 3.05) is 0 Å². The molecule has 2 N–H and O–H groups in total. The summed E-state index contributed by atoms with van der Waals surface area (Å²) in [6, 6.07) is -0.0163. The maximum Gasteiger partial charge on any atom is 0.391 e. The van der Waals surface area contributed by atoms with E-state index in [9.17, 15) is 13.2 Å². The molecule has 0 bridgehead atoms. The number of alkyl halides is 3. The lowest BCUT2D eigenvalue weighted by Crippen LogP contribution is -2.23. The van der Waals surface area contributed by atoms with E-state index in [2.05, 4.69) is 0 Å². The van der Waals surface area contributed by atoms with Crippen LogP contribution in [-0.2, 0) is 0 Å². The summed E-state index contributed by atoms with van der Waals surface area (Å²) in [5, 5.41) is 0. The Morgan fingerprint density at radius 1 is 1.00 bits per heavy atom. The van der Waals surface area contributed by atoms with Gasteiger partial charge in [-0.15, -0.1) is 0 Å².